The molecule has 132 valence electrons. The number of benzene rings is 2. The van der Waals surface area contributed by atoms with Crippen LogP contribution in [-0.4, -0.2) is 16.5 Å². The van der Waals surface area contributed by atoms with Crippen LogP contribution >= 0.6 is 0 Å². The summed E-state index contributed by atoms with van der Waals surface area (Å²) in [4.78, 5) is 22.4. The molecular formula is C21H19NO4. The SMILES string of the molecule is CC(=O)Oc1ccc2c(c1)C[C@@H](C)n1c-2cc2cc(OC(C)=O)ccc21. The van der Waals surface area contributed by atoms with Crippen molar-refractivity contribution in [3.05, 3.63) is 48.0 Å². The molecule has 5 heteroatoms. The Balaban J connectivity index is 1.83. The zero-order valence-corrected chi connectivity index (χ0v) is 14.9. The fraction of sp³-hybridized carbons (Fsp3) is 0.238. The predicted octanol–water partition coefficient (Wildman–Crippen LogP) is 4.28. The summed E-state index contributed by atoms with van der Waals surface area (Å²) in [5.74, 6) is 0.474. The van der Waals surface area contributed by atoms with E-state index in [0.717, 1.165) is 34.1 Å². The number of fused-ring (bicyclic) bond motifs is 5. The molecule has 0 fully saturated rings. The minimum atomic E-state index is -0.329. The normalized spacial score (nSPS) is 15.3. The van der Waals surface area contributed by atoms with E-state index in [1.54, 1.807) is 0 Å². The van der Waals surface area contributed by atoms with E-state index in [1.807, 2.05) is 36.4 Å². The number of ether oxygens (including phenoxy) is 2. The van der Waals surface area contributed by atoms with Gasteiger partial charge in [-0.25, -0.2) is 0 Å². The van der Waals surface area contributed by atoms with Crippen molar-refractivity contribution in [1.82, 2.24) is 4.57 Å². The first-order chi connectivity index (χ1) is 12.4. The molecule has 1 aromatic heterocycles. The van der Waals surface area contributed by atoms with Gasteiger partial charge in [-0.15, -0.1) is 0 Å². The molecule has 3 aromatic rings. The Labute approximate surface area is 151 Å². The summed E-state index contributed by atoms with van der Waals surface area (Å²) in [7, 11) is 0. The van der Waals surface area contributed by atoms with Crippen molar-refractivity contribution in [2.45, 2.75) is 33.2 Å². The second kappa shape index (κ2) is 6.02. The van der Waals surface area contributed by atoms with Gasteiger partial charge in [-0.2, -0.15) is 0 Å². The Morgan fingerprint density at radius 2 is 1.62 bits per heavy atom. The molecule has 5 nitrogen and oxygen atoms in total. The van der Waals surface area contributed by atoms with Gasteiger partial charge in [0.1, 0.15) is 11.5 Å². The van der Waals surface area contributed by atoms with Gasteiger partial charge >= 0.3 is 11.9 Å². The number of hydrogen-bond acceptors (Lipinski definition) is 4. The van der Waals surface area contributed by atoms with Gasteiger partial charge in [0.05, 0.1) is 0 Å². The van der Waals surface area contributed by atoms with E-state index < -0.39 is 0 Å². The smallest absolute Gasteiger partial charge is 0.308 e. The first-order valence-electron chi connectivity index (χ1n) is 8.57. The maximum Gasteiger partial charge on any atom is 0.308 e. The third-order valence-electron chi connectivity index (χ3n) is 4.64. The van der Waals surface area contributed by atoms with E-state index >= 15 is 0 Å². The lowest BCUT2D eigenvalue weighted by molar-refractivity contribution is -0.132. The van der Waals surface area contributed by atoms with Crippen molar-refractivity contribution in [3.63, 3.8) is 0 Å². The van der Waals surface area contributed by atoms with Gasteiger partial charge in [-0.05, 0) is 61.4 Å². The molecule has 0 spiro atoms. The fourth-order valence-corrected chi connectivity index (χ4v) is 3.75. The Bertz CT molecular complexity index is 1050. The molecular weight excluding hydrogens is 330 g/mol. The van der Waals surface area contributed by atoms with E-state index in [-0.39, 0.29) is 18.0 Å². The first-order valence-corrected chi connectivity index (χ1v) is 8.57. The molecule has 0 amide bonds. The molecule has 2 heterocycles. The topological polar surface area (TPSA) is 57.5 Å². The lowest BCUT2D eigenvalue weighted by Crippen LogP contribution is -2.15. The van der Waals surface area contributed by atoms with Crippen LogP contribution in [0.25, 0.3) is 22.2 Å². The zero-order valence-electron chi connectivity index (χ0n) is 14.9. The summed E-state index contributed by atoms with van der Waals surface area (Å²) >= 11 is 0. The van der Waals surface area contributed by atoms with Gasteiger partial charge < -0.3 is 14.0 Å². The Kier molecular flexibility index (Phi) is 3.80. The van der Waals surface area contributed by atoms with Crippen LogP contribution in [0.2, 0.25) is 0 Å². The van der Waals surface area contributed by atoms with E-state index in [9.17, 15) is 9.59 Å². The average molecular weight is 349 g/mol. The van der Waals surface area contributed by atoms with Crippen LogP contribution in [-0.2, 0) is 16.0 Å². The van der Waals surface area contributed by atoms with E-state index in [2.05, 4.69) is 17.6 Å². The van der Waals surface area contributed by atoms with Crippen molar-refractivity contribution in [1.29, 1.82) is 0 Å². The maximum absolute atomic E-state index is 11.2. The summed E-state index contributed by atoms with van der Waals surface area (Å²) in [6.45, 7) is 4.97. The van der Waals surface area contributed by atoms with Gasteiger partial charge in [0.2, 0.25) is 0 Å². The van der Waals surface area contributed by atoms with E-state index in [0.29, 0.717) is 11.5 Å². The maximum atomic E-state index is 11.2. The Morgan fingerprint density at radius 1 is 0.962 bits per heavy atom. The molecule has 4 rings (SSSR count). The second-order valence-electron chi connectivity index (χ2n) is 6.68. The molecule has 0 unspecified atom stereocenters. The van der Waals surface area contributed by atoms with Crippen LogP contribution in [0.1, 0.15) is 32.4 Å². The van der Waals surface area contributed by atoms with Crippen LogP contribution in [0.15, 0.2) is 42.5 Å². The van der Waals surface area contributed by atoms with Crippen molar-refractivity contribution >= 4 is 22.8 Å². The van der Waals surface area contributed by atoms with Crippen LogP contribution in [0.5, 0.6) is 11.5 Å². The second-order valence-corrected chi connectivity index (χ2v) is 6.68. The molecule has 0 bridgehead atoms. The van der Waals surface area contributed by atoms with Gasteiger partial charge in [0.15, 0.2) is 0 Å². The predicted molar refractivity (Wildman–Crippen MR) is 98.4 cm³/mol. The van der Waals surface area contributed by atoms with Gasteiger partial charge in [0, 0.05) is 42.0 Å². The quantitative estimate of drug-likeness (QED) is 0.512. The van der Waals surface area contributed by atoms with Crippen molar-refractivity contribution in [3.8, 4) is 22.8 Å². The van der Waals surface area contributed by atoms with Crippen molar-refractivity contribution in [2.75, 3.05) is 0 Å². The lowest BCUT2D eigenvalue weighted by atomic mass is 9.94. The summed E-state index contributed by atoms with van der Waals surface area (Å²) < 4.78 is 12.7. The number of esters is 2. The highest BCUT2D eigenvalue weighted by molar-refractivity contribution is 5.90. The third kappa shape index (κ3) is 2.75. The molecule has 1 aliphatic heterocycles. The minimum Gasteiger partial charge on any atom is -0.427 e. The van der Waals surface area contributed by atoms with Gasteiger partial charge in [-0.3, -0.25) is 9.59 Å². The number of carbonyl (C=O) groups excluding carboxylic acids is 2. The summed E-state index contributed by atoms with van der Waals surface area (Å²) in [6.07, 6.45) is 0.854. The van der Waals surface area contributed by atoms with Crippen molar-refractivity contribution < 1.29 is 19.1 Å². The largest absolute Gasteiger partial charge is 0.427 e. The lowest BCUT2D eigenvalue weighted by Gasteiger charge is -2.26. The van der Waals surface area contributed by atoms with Crippen LogP contribution in [0, 0.1) is 0 Å². The third-order valence-corrected chi connectivity index (χ3v) is 4.64. The zero-order chi connectivity index (χ0) is 18.4. The molecule has 0 aliphatic carbocycles. The highest BCUT2D eigenvalue weighted by Crippen LogP contribution is 2.41. The van der Waals surface area contributed by atoms with Crippen LogP contribution in [0.4, 0.5) is 0 Å². The number of rotatable bonds is 2. The monoisotopic (exact) mass is 349 g/mol. The van der Waals surface area contributed by atoms with Gasteiger partial charge in [0.25, 0.3) is 0 Å². The Hall–Kier alpha value is -3.08. The number of carbonyl (C=O) groups is 2. The van der Waals surface area contributed by atoms with E-state index in [1.165, 1.54) is 13.8 Å². The van der Waals surface area contributed by atoms with Crippen LogP contribution < -0.4 is 9.47 Å². The molecule has 0 N–H and O–H groups in total. The first kappa shape index (κ1) is 16.4. The summed E-state index contributed by atoms with van der Waals surface area (Å²) in [6, 6.07) is 13.8. The van der Waals surface area contributed by atoms with Crippen LogP contribution in [0.3, 0.4) is 0 Å². The summed E-state index contributed by atoms with van der Waals surface area (Å²) in [5.41, 5.74) is 4.51. The van der Waals surface area contributed by atoms with Gasteiger partial charge in [-0.1, -0.05) is 0 Å². The van der Waals surface area contributed by atoms with E-state index in [4.69, 9.17) is 9.47 Å². The number of hydrogen-bond donors (Lipinski definition) is 0. The number of nitrogens with zero attached hydrogens (tertiary/aromatic N) is 1. The molecule has 26 heavy (non-hydrogen) atoms. The summed E-state index contributed by atoms with van der Waals surface area (Å²) in [5, 5.41) is 1.03. The molecule has 2 aromatic carbocycles. The molecule has 1 aliphatic rings. The molecule has 0 saturated heterocycles. The minimum absolute atomic E-state index is 0.266. The molecule has 0 saturated carbocycles. The number of aromatic nitrogens is 1. The Morgan fingerprint density at radius 3 is 2.31 bits per heavy atom. The average Bonchev–Trinajstić information content (AvgIpc) is 2.92. The molecule has 1 atom stereocenters. The van der Waals surface area contributed by atoms with Crippen molar-refractivity contribution in [2.24, 2.45) is 0 Å². The fourth-order valence-electron chi connectivity index (χ4n) is 3.75. The standard InChI is InChI=1S/C21H19NO4/c1-12-8-15-9-17(25-13(2)23)4-6-19(15)21-11-16-10-18(26-14(3)24)5-7-20(16)22(12)21/h4-7,9-12H,8H2,1-3H3/t12-/m1/s1. The molecule has 0 radical (unpaired) electrons. The highest BCUT2D eigenvalue weighted by atomic mass is 16.5. The highest BCUT2D eigenvalue weighted by Gasteiger charge is 2.24.